The second-order valence-electron chi connectivity index (χ2n) is 8.44. The van der Waals surface area contributed by atoms with Crippen molar-refractivity contribution in [2.75, 3.05) is 31.5 Å². The largest absolute Gasteiger partial charge is 0.336 e. The van der Waals surface area contributed by atoms with Crippen LogP contribution in [0.1, 0.15) is 36.0 Å². The van der Waals surface area contributed by atoms with Crippen LogP contribution in [0.15, 0.2) is 42.5 Å². The number of anilines is 1. The summed E-state index contributed by atoms with van der Waals surface area (Å²) in [6.45, 7) is 1.78. The molecule has 1 aliphatic heterocycles. The molecule has 1 aliphatic carbocycles. The summed E-state index contributed by atoms with van der Waals surface area (Å²) in [6, 6.07) is 9.77. The minimum atomic E-state index is -0.859. The molecule has 5 nitrogen and oxygen atoms in total. The molecule has 8 heteroatoms. The summed E-state index contributed by atoms with van der Waals surface area (Å²) in [4.78, 5) is 29.7. The number of carbonyl (C=O) groups excluding carboxylic acids is 2. The van der Waals surface area contributed by atoms with Crippen molar-refractivity contribution in [1.82, 2.24) is 9.80 Å². The van der Waals surface area contributed by atoms with E-state index >= 15 is 0 Å². The van der Waals surface area contributed by atoms with Crippen LogP contribution in [-0.2, 0) is 4.79 Å². The Morgan fingerprint density at radius 3 is 2.38 bits per heavy atom. The van der Waals surface area contributed by atoms with Gasteiger partial charge in [-0.2, -0.15) is 0 Å². The number of hydrogen-bond donors (Lipinski definition) is 1. The van der Waals surface area contributed by atoms with Gasteiger partial charge in [0.25, 0.3) is 5.91 Å². The molecular formula is C24H26ClF2N3O2. The van der Waals surface area contributed by atoms with Crippen molar-refractivity contribution in [2.45, 2.75) is 31.7 Å². The number of amides is 2. The number of nitrogens with zero attached hydrogens (tertiary/aromatic N) is 2. The van der Waals surface area contributed by atoms with Gasteiger partial charge in [0.2, 0.25) is 5.91 Å². The van der Waals surface area contributed by atoms with Gasteiger partial charge in [-0.25, -0.2) is 8.78 Å². The van der Waals surface area contributed by atoms with Gasteiger partial charge in [0.05, 0.1) is 11.6 Å². The molecule has 0 spiro atoms. The van der Waals surface area contributed by atoms with Crippen LogP contribution in [0.2, 0.25) is 5.02 Å². The minimum Gasteiger partial charge on any atom is -0.336 e. The van der Waals surface area contributed by atoms with E-state index in [1.165, 1.54) is 6.07 Å². The summed E-state index contributed by atoms with van der Waals surface area (Å²) in [5.74, 6) is -1.84. The molecule has 2 amide bonds. The highest BCUT2D eigenvalue weighted by molar-refractivity contribution is 6.30. The lowest BCUT2D eigenvalue weighted by Crippen LogP contribution is -2.57. The van der Waals surface area contributed by atoms with Crippen LogP contribution in [0.4, 0.5) is 14.5 Å². The van der Waals surface area contributed by atoms with E-state index in [1.54, 1.807) is 23.1 Å². The summed E-state index contributed by atoms with van der Waals surface area (Å²) in [5.41, 5.74) is 0.525. The molecule has 170 valence electrons. The van der Waals surface area contributed by atoms with Crippen LogP contribution in [0.5, 0.6) is 0 Å². The number of halogens is 3. The van der Waals surface area contributed by atoms with Gasteiger partial charge in [-0.3, -0.25) is 14.5 Å². The van der Waals surface area contributed by atoms with Crippen LogP contribution in [0.25, 0.3) is 0 Å². The third-order valence-electron chi connectivity index (χ3n) is 6.36. The van der Waals surface area contributed by atoms with E-state index in [0.29, 0.717) is 36.9 Å². The molecule has 1 heterocycles. The zero-order chi connectivity index (χ0) is 22.7. The lowest BCUT2D eigenvalue weighted by atomic mass is 9.94. The maximum Gasteiger partial charge on any atom is 0.256 e. The Kier molecular flexibility index (Phi) is 7.06. The van der Waals surface area contributed by atoms with Crippen molar-refractivity contribution in [3.05, 3.63) is 64.7 Å². The number of hydrogen-bond acceptors (Lipinski definition) is 3. The molecular weight excluding hydrogens is 436 g/mol. The first-order chi connectivity index (χ1) is 15.4. The average Bonchev–Trinajstić information content (AvgIpc) is 3.28. The van der Waals surface area contributed by atoms with Gasteiger partial charge in [-0.1, -0.05) is 30.5 Å². The highest BCUT2D eigenvalue weighted by Gasteiger charge is 2.37. The van der Waals surface area contributed by atoms with Crippen molar-refractivity contribution in [3.63, 3.8) is 0 Å². The van der Waals surface area contributed by atoms with Crippen LogP contribution >= 0.6 is 11.6 Å². The Morgan fingerprint density at radius 2 is 1.72 bits per heavy atom. The number of nitrogens with one attached hydrogen (secondary N) is 1. The smallest absolute Gasteiger partial charge is 0.256 e. The molecule has 1 saturated carbocycles. The molecule has 1 N–H and O–H groups in total. The zero-order valence-corrected chi connectivity index (χ0v) is 18.5. The Labute approximate surface area is 191 Å². The molecule has 2 fully saturated rings. The molecule has 2 aromatic carbocycles. The SMILES string of the molecule is O=C(Nc1cccc(Cl)c1)[C@H](C1CCCC1)N1CCN(C(=O)c2ccc(F)cc2F)CC1. The first-order valence-electron chi connectivity index (χ1n) is 11.0. The fourth-order valence-electron chi connectivity index (χ4n) is 4.77. The number of carbonyl (C=O) groups is 2. The van der Waals surface area contributed by atoms with E-state index in [0.717, 1.165) is 37.8 Å². The van der Waals surface area contributed by atoms with E-state index in [4.69, 9.17) is 11.6 Å². The lowest BCUT2D eigenvalue weighted by Gasteiger charge is -2.40. The van der Waals surface area contributed by atoms with Crippen molar-refractivity contribution < 1.29 is 18.4 Å². The van der Waals surface area contributed by atoms with E-state index in [2.05, 4.69) is 10.2 Å². The first kappa shape index (κ1) is 22.7. The number of rotatable bonds is 5. The molecule has 0 bridgehead atoms. The Balaban J connectivity index is 1.44. The normalized spacial score (nSPS) is 18.5. The molecule has 1 atom stereocenters. The van der Waals surface area contributed by atoms with Gasteiger partial charge in [0.1, 0.15) is 11.6 Å². The summed E-state index contributed by atoms with van der Waals surface area (Å²) in [6.07, 6.45) is 4.20. The fourth-order valence-corrected chi connectivity index (χ4v) is 4.96. The topological polar surface area (TPSA) is 52.7 Å². The summed E-state index contributed by atoms with van der Waals surface area (Å²) >= 11 is 6.05. The van der Waals surface area contributed by atoms with Crippen LogP contribution in [0.3, 0.4) is 0 Å². The van der Waals surface area contributed by atoms with E-state index in [1.807, 2.05) is 6.07 Å². The molecule has 2 aromatic rings. The van der Waals surface area contributed by atoms with Crippen molar-refractivity contribution in [3.8, 4) is 0 Å². The van der Waals surface area contributed by atoms with Crippen LogP contribution < -0.4 is 5.32 Å². The van der Waals surface area contributed by atoms with Crippen molar-refractivity contribution in [2.24, 2.45) is 5.92 Å². The second kappa shape index (κ2) is 9.96. The Hall–Kier alpha value is -2.51. The standard InChI is InChI=1S/C24H26ClF2N3O2/c25-17-6-3-7-19(14-17)28-23(31)22(16-4-1-2-5-16)29-10-12-30(13-11-29)24(32)20-9-8-18(26)15-21(20)27/h3,6-9,14-16,22H,1-2,4-5,10-13H2,(H,28,31)/t22-/m0/s1. The van der Waals surface area contributed by atoms with Gasteiger partial charge < -0.3 is 10.2 Å². The first-order valence-corrected chi connectivity index (χ1v) is 11.3. The van der Waals surface area contributed by atoms with Crippen molar-refractivity contribution >= 4 is 29.1 Å². The van der Waals surface area contributed by atoms with E-state index in [9.17, 15) is 18.4 Å². The number of piperazine rings is 1. The van der Waals surface area contributed by atoms with Crippen LogP contribution in [-0.4, -0.2) is 53.8 Å². The minimum absolute atomic E-state index is 0.0662. The maximum absolute atomic E-state index is 14.0. The molecule has 1 saturated heterocycles. The van der Waals surface area contributed by atoms with Gasteiger partial charge in [-0.15, -0.1) is 0 Å². The predicted octanol–water partition coefficient (Wildman–Crippen LogP) is 4.57. The molecule has 0 unspecified atom stereocenters. The highest BCUT2D eigenvalue weighted by atomic mass is 35.5. The summed E-state index contributed by atoms with van der Waals surface area (Å²) in [5, 5.41) is 3.55. The molecule has 0 aromatic heterocycles. The lowest BCUT2D eigenvalue weighted by molar-refractivity contribution is -0.123. The Morgan fingerprint density at radius 1 is 1.00 bits per heavy atom. The average molecular weight is 462 g/mol. The maximum atomic E-state index is 14.0. The Bertz CT molecular complexity index is 989. The monoisotopic (exact) mass is 461 g/mol. The predicted molar refractivity (Wildman–Crippen MR) is 120 cm³/mol. The summed E-state index contributed by atoms with van der Waals surface area (Å²) < 4.78 is 27.2. The quantitative estimate of drug-likeness (QED) is 0.709. The highest BCUT2D eigenvalue weighted by Crippen LogP contribution is 2.32. The zero-order valence-electron chi connectivity index (χ0n) is 17.7. The van der Waals surface area contributed by atoms with Gasteiger partial charge in [-0.05, 0) is 49.1 Å². The van der Waals surface area contributed by atoms with Gasteiger partial charge >= 0.3 is 0 Å². The third kappa shape index (κ3) is 5.10. The van der Waals surface area contributed by atoms with Crippen LogP contribution in [0, 0.1) is 17.6 Å². The van der Waals surface area contributed by atoms with E-state index < -0.39 is 17.5 Å². The van der Waals surface area contributed by atoms with Crippen molar-refractivity contribution in [1.29, 1.82) is 0 Å². The molecule has 0 radical (unpaired) electrons. The molecule has 32 heavy (non-hydrogen) atoms. The fraction of sp³-hybridized carbons (Fsp3) is 0.417. The second-order valence-corrected chi connectivity index (χ2v) is 8.88. The molecule has 2 aliphatic rings. The number of benzene rings is 2. The molecule has 4 rings (SSSR count). The summed E-state index contributed by atoms with van der Waals surface area (Å²) in [7, 11) is 0. The van der Waals surface area contributed by atoms with E-state index in [-0.39, 0.29) is 23.4 Å². The van der Waals surface area contributed by atoms with Gasteiger partial charge in [0, 0.05) is 43.0 Å². The van der Waals surface area contributed by atoms with Gasteiger partial charge in [0.15, 0.2) is 0 Å². The third-order valence-corrected chi connectivity index (χ3v) is 6.60.